The van der Waals surface area contributed by atoms with Crippen LogP contribution in [0.15, 0.2) is 64.0 Å². The Bertz CT molecular complexity index is 912. The van der Waals surface area contributed by atoms with Crippen LogP contribution < -0.4 is 10.2 Å². The molecule has 3 rings (SSSR count). The topological polar surface area (TPSA) is 76.7 Å². The zero-order valence-electron chi connectivity index (χ0n) is 12.4. The molecule has 5 heteroatoms. The van der Waals surface area contributed by atoms with Crippen molar-refractivity contribution >= 4 is 16.9 Å². The van der Waals surface area contributed by atoms with Crippen molar-refractivity contribution in [1.29, 1.82) is 0 Å². The van der Waals surface area contributed by atoms with E-state index in [1.807, 2.05) is 30.3 Å². The molecule has 23 heavy (non-hydrogen) atoms. The van der Waals surface area contributed by atoms with Crippen LogP contribution in [0.1, 0.15) is 6.92 Å². The summed E-state index contributed by atoms with van der Waals surface area (Å²) in [7, 11) is 0. The highest BCUT2D eigenvalue weighted by Crippen LogP contribution is 2.23. The van der Waals surface area contributed by atoms with Gasteiger partial charge in [-0.25, -0.2) is 4.79 Å². The lowest BCUT2D eigenvalue weighted by atomic mass is 10.1. The van der Waals surface area contributed by atoms with Gasteiger partial charge in [-0.3, -0.25) is 4.79 Å². The van der Waals surface area contributed by atoms with Crippen molar-refractivity contribution < 1.29 is 19.1 Å². The van der Waals surface area contributed by atoms with Gasteiger partial charge in [0.25, 0.3) is 0 Å². The number of benzene rings is 2. The Hall–Kier alpha value is -3.08. The number of ether oxygens (including phenoxy) is 1. The first-order chi connectivity index (χ1) is 11.1. The van der Waals surface area contributed by atoms with Gasteiger partial charge in [0.15, 0.2) is 11.5 Å². The van der Waals surface area contributed by atoms with E-state index in [2.05, 4.69) is 0 Å². The lowest BCUT2D eigenvalue weighted by molar-refractivity contribution is -0.144. The van der Waals surface area contributed by atoms with Gasteiger partial charge >= 0.3 is 5.97 Å². The molecule has 0 spiro atoms. The summed E-state index contributed by atoms with van der Waals surface area (Å²) < 4.78 is 10.8. The lowest BCUT2D eigenvalue weighted by Gasteiger charge is -2.10. The molecule has 1 atom stereocenters. The maximum Gasteiger partial charge on any atom is 0.344 e. The van der Waals surface area contributed by atoms with Crippen molar-refractivity contribution in [3.05, 3.63) is 65.0 Å². The molecule has 2 aromatic carbocycles. The average Bonchev–Trinajstić information content (AvgIpc) is 2.56. The van der Waals surface area contributed by atoms with Crippen LogP contribution in [0.2, 0.25) is 0 Å². The van der Waals surface area contributed by atoms with E-state index in [0.717, 1.165) is 5.56 Å². The summed E-state index contributed by atoms with van der Waals surface area (Å²) in [5, 5.41) is 9.28. The van der Waals surface area contributed by atoms with E-state index >= 15 is 0 Å². The summed E-state index contributed by atoms with van der Waals surface area (Å²) in [4.78, 5) is 23.4. The van der Waals surface area contributed by atoms with Gasteiger partial charge in [0, 0.05) is 6.07 Å². The first kappa shape index (κ1) is 14.8. The monoisotopic (exact) mass is 310 g/mol. The summed E-state index contributed by atoms with van der Waals surface area (Å²) in [5.74, 6) is -0.728. The minimum atomic E-state index is -1.06. The van der Waals surface area contributed by atoms with Gasteiger partial charge in [-0.05, 0) is 24.6 Å². The molecule has 1 heterocycles. The summed E-state index contributed by atoms with van der Waals surface area (Å²) in [5.41, 5.74) is 1.47. The molecular weight excluding hydrogens is 296 g/mol. The Morgan fingerprint density at radius 1 is 1.17 bits per heavy atom. The molecule has 0 saturated carbocycles. The minimum Gasteiger partial charge on any atom is -0.479 e. The number of carboxylic acid groups (broad SMARTS) is 1. The van der Waals surface area contributed by atoms with Gasteiger partial charge in [0.2, 0.25) is 0 Å². The number of hydrogen-bond acceptors (Lipinski definition) is 4. The van der Waals surface area contributed by atoms with Gasteiger partial charge in [-0.15, -0.1) is 0 Å². The summed E-state index contributed by atoms with van der Waals surface area (Å²) in [6.07, 6.45) is 0.424. The average molecular weight is 310 g/mol. The van der Waals surface area contributed by atoms with Crippen molar-refractivity contribution in [3.8, 4) is 16.9 Å². The Kier molecular flexibility index (Phi) is 3.85. The van der Waals surface area contributed by atoms with E-state index in [0.29, 0.717) is 22.3 Å². The molecule has 0 bridgehead atoms. The van der Waals surface area contributed by atoms with Gasteiger partial charge in [-0.2, -0.15) is 0 Å². The van der Waals surface area contributed by atoms with Crippen molar-refractivity contribution in [2.45, 2.75) is 13.0 Å². The molecule has 0 aliphatic carbocycles. The Morgan fingerprint density at radius 2 is 1.91 bits per heavy atom. The molecule has 0 aliphatic rings. The number of carboxylic acids is 1. The molecule has 0 fully saturated rings. The fourth-order valence-electron chi connectivity index (χ4n) is 2.25. The fourth-order valence-corrected chi connectivity index (χ4v) is 2.25. The first-order valence-electron chi connectivity index (χ1n) is 7.06. The van der Waals surface area contributed by atoms with Crippen LogP contribution in [0.3, 0.4) is 0 Å². The highest BCUT2D eigenvalue weighted by molar-refractivity contribution is 5.82. The van der Waals surface area contributed by atoms with E-state index in [1.165, 1.54) is 19.3 Å². The maximum absolute atomic E-state index is 12.6. The molecular formula is C18H14O5. The quantitative estimate of drug-likeness (QED) is 0.800. The van der Waals surface area contributed by atoms with Gasteiger partial charge in [0.1, 0.15) is 17.6 Å². The standard InChI is InChI=1S/C18H14O5/c1-11(18(20)21)23-13-7-8-14-16(9-13)22-10-15(17(14)19)12-5-3-2-4-6-12/h2-11H,1H3,(H,20,21). The molecule has 1 aromatic heterocycles. The molecule has 0 saturated heterocycles. The third kappa shape index (κ3) is 2.94. The highest BCUT2D eigenvalue weighted by atomic mass is 16.5. The fraction of sp³-hybridized carbons (Fsp3) is 0.111. The van der Waals surface area contributed by atoms with Gasteiger partial charge in [0.05, 0.1) is 10.9 Å². The summed E-state index contributed by atoms with van der Waals surface area (Å²) in [6, 6.07) is 13.9. The second-order valence-electron chi connectivity index (χ2n) is 5.10. The maximum atomic E-state index is 12.6. The lowest BCUT2D eigenvalue weighted by Crippen LogP contribution is -2.22. The van der Waals surface area contributed by atoms with Crippen LogP contribution in [0, 0.1) is 0 Å². The molecule has 0 amide bonds. The van der Waals surface area contributed by atoms with Gasteiger partial charge < -0.3 is 14.3 Å². The van der Waals surface area contributed by atoms with E-state index in [9.17, 15) is 9.59 Å². The predicted molar refractivity (Wildman–Crippen MR) is 85.6 cm³/mol. The Labute approximate surface area is 131 Å². The van der Waals surface area contributed by atoms with Crippen LogP contribution in [-0.4, -0.2) is 17.2 Å². The van der Waals surface area contributed by atoms with E-state index < -0.39 is 12.1 Å². The number of carbonyl (C=O) groups is 1. The Balaban J connectivity index is 2.03. The Morgan fingerprint density at radius 3 is 2.61 bits per heavy atom. The van der Waals surface area contributed by atoms with Crippen LogP contribution in [0.4, 0.5) is 0 Å². The third-order valence-corrected chi connectivity index (χ3v) is 3.49. The van der Waals surface area contributed by atoms with Crippen molar-refractivity contribution in [2.24, 2.45) is 0 Å². The van der Waals surface area contributed by atoms with Crippen molar-refractivity contribution in [3.63, 3.8) is 0 Å². The summed E-state index contributed by atoms with van der Waals surface area (Å²) >= 11 is 0. The second-order valence-corrected chi connectivity index (χ2v) is 5.10. The molecule has 116 valence electrons. The zero-order valence-corrected chi connectivity index (χ0v) is 12.4. The number of hydrogen-bond donors (Lipinski definition) is 1. The number of fused-ring (bicyclic) bond motifs is 1. The minimum absolute atomic E-state index is 0.143. The van der Waals surface area contributed by atoms with Crippen molar-refractivity contribution in [1.82, 2.24) is 0 Å². The molecule has 0 radical (unpaired) electrons. The first-order valence-corrected chi connectivity index (χ1v) is 7.06. The molecule has 1 unspecified atom stereocenters. The second kappa shape index (κ2) is 5.96. The third-order valence-electron chi connectivity index (χ3n) is 3.49. The van der Waals surface area contributed by atoms with Gasteiger partial charge in [-0.1, -0.05) is 30.3 Å². The molecule has 3 aromatic rings. The molecule has 0 aliphatic heterocycles. The van der Waals surface area contributed by atoms with Crippen LogP contribution >= 0.6 is 0 Å². The van der Waals surface area contributed by atoms with Crippen molar-refractivity contribution in [2.75, 3.05) is 0 Å². The number of aliphatic carboxylic acids is 1. The molecule has 1 N–H and O–H groups in total. The summed E-state index contributed by atoms with van der Waals surface area (Å²) in [6.45, 7) is 1.43. The smallest absolute Gasteiger partial charge is 0.344 e. The normalized spacial score (nSPS) is 12.0. The zero-order chi connectivity index (χ0) is 16.4. The van der Waals surface area contributed by atoms with Crippen LogP contribution in [0.25, 0.3) is 22.1 Å². The van der Waals surface area contributed by atoms with E-state index in [1.54, 1.807) is 12.1 Å². The van der Waals surface area contributed by atoms with Crippen LogP contribution in [-0.2, 0) is 4.79 Å². The highest BCUT2D eigenvalue weighted by Gasteiger charge is 2.14. The predicted octanol–water partition coefficient (Wildman–Crippen LogP) is 3.31. The van der Waals surface area contributed by atoms with E-state index in [-0.39, 0.29) is 5.43 Å². The number of rotatable bonds is 4. The molecule has 5 nitrogen and oxygen atoms in total. The van der Waals surface area contributed by atoms with E-state index in [4.69, 9.17) is 14.3 Å². The largest absolute Gasteiger partial charge is 0.479 e. The SMILES string of the molecule is CC(Oc1ccc2c(=O)c(-c3ccccc3)coc2c1)C(=O)O. The van der Waals surface area contributed by atoms with Crippen LogP contribution in [0.5, 0.6) is 5.75 Å².